The second-order valence-corrected chi connectivity index (χ2v) is 10.6. The summed E-state index contributed by atoms with van der Waals surface area (Å²) < 4.78 is 36.9. The normalized spacial score (nSPS) is 25.7. The molecule has 13 heteroatoms. The fourth-order valence-electron chi connectivity index (χ4n) is 3.67. The van der Waals surface area contributed by atoms with Gasteiger partial charge in [0.25, 0.3) is 5.56 Å². The van der Waals surface area contributed by atoms with Gasteiger partial charge in [-0.1, -0.05) is 24.1 Å². The van der Waals surface area contributed by atoms with E-state index in [4.69, 9.17) is 24.9 Å². The minimum Gasteiger partial charge on any atom is -0.462 e. The minimum atomic E-state index is -4.24. The van der Waals surface area contributed by atoms with Crippen molar-refractivity contribution in [2.45, 2.75) is 58.3 Å². The fraction of sp³-hybridized carbons (Fsp3) is 0.458. The van der Waals surface area contributed by atoms with Crippen LogP contribution in [0.15, 0.2) is 52.2 Å². The van der Waals surface area contributed by atoms with Crippen LogP contribution in [0.5, 0.6) is 5.75 Å². The van der Waals surface area contributed by atoms with Crippen molar-refractivity contribution in [1.29, 1.82) is 0 Å². The number of carbonyl (C=O) groups is 1. The molecular formula is C24H30N3O9P. The van der Waals surface area contributed by atoms with E-state index in [9.17, 15) is 24.1 Å². The Morgan fingerprint density at radius 2 is 1.97 bits per heavy atom. The Morgan fingerprint density at radius 3 is 2.57 bits per heavy atom. The number of aliphatic hydroxyl groups excluding tert-OH is 1. The molecular weight excluding hydrogens is 505 g/mol. The van der Waals surface area contributed by atoms with Gasteiger partial charge in [0, 0.05) is 12.3 Å². The number of ether oxygens (including phenoxy) is 2. The van der Waals surface area contributed by atoms with Crippen LogP contribution in [0.1, 0.15) is 33.9 Å². The topological polar surface area (TPSA) is 158 Å². The number of para-hydroxylation sites is 1. The molecule has 1 aliphatic rings. The van der Waals surface area contributed by atoms with Gasteiger partial charge in [0.2, 0.25) is 0 Å². The summed E-state index contributed by atoms with van der Waals surface area (Å²) in [4.78, 5) is 38.2. The Kier molecular flexibility index (Phi) is 8.79. The Morgan fingerprint density at radius 1 is 1.30 bits per heavy atom. The molecule has 1 aromatic carbocycles. The van der Waals surface area contributed by atoms with E-state index in [0.717, 1.165) is 10.6 Å². The lowest BCUT2D eigenvalue weighted by Gasteiger charge is -2.28. The van der Waals surface area contributed by atoms with Gasteiger partial charge < -0.3 is 19.1 Å². The third-order valence-corrected chi connectivity index (χ3v) is 7.28. The molecule has 1 aliphatic heterocycles. The van der Waals surface area contributed by atoms with Crippen molar-refractivity contribution in [2.75, 3.05) is 6.61 Å². The minimum absolute atomic E-state index is 0.196. The van der Waals surface area contributed by atoms with Crippen LogP contribution in [0.25, 0.3) is 0 Å². The molecule has 0 amide bonds. The first kappa shape index (κ1) is 28.4. The molecule has 0 radical (unpaired) electrons. The van der Waals surface area contributed by atoms with Crippen LogP contribution >= 0.6 is 7.75 Å². The molecule has 1 fully saturated rings. The van der Waals surface area contributed by atoms with E-state index in [-0.39, 0.29) is 5.75 Å². The standard InChI is InChI=1S/C24H30N3O9P/c1-6-24(5)20(29)18(35-22(24)27-13-12-19(28)25-23(27)31)14-33-37(32,36-17-10-8-7-9-11-17)26-16(4)21(30)34-15(2)3/h1,7-13,15-16,18,20,22,29H,14H2,2-5H3,(H,26,32)(H,25,28,31). The molecule has 1 aromatic heterocycles. The Bertz CT molecular complexity index is 1300. The molecule has 3 N–H and O–H groups in total. The predicted octanol–water partition coefficient (Wildman–Crippen LogP) is 1.57. The Labute approximate surface area is 213 Å². The maximum atomic E-state index is 13.7. The quantitative estimate of drug-likeness (QED) is 0.232. The smallest absolute Gasteiger partial charge is 0.459 e. The number of benzene rings is 1. The molecule has 0 saturated carbocycles. The molecule has 37 heavy (non-hydrogen) atoms. The average molecular weight is 535 g/mol. The third-order valence-electron chi connectivity index (χ3n) is 5.63. The van der Waals surface area contributed by atoms with Crippen LogP contribution < -0.4 is 20.9 Å². The first-order chi connectivity index (χ1) is 17.4. The van der Waals surface area contributed by atoms with E-state index in [1.54, 1.807) is 44.2 Å². The molecule has 6 atom stereocenters. The summed E-state index contributed by atoms with van der Waals surface area (Å²) in [7, 11) is -4.24. The number of hydrogen-bond donors (Lipinski definition) is 3. The Hall–Kier alpha value is -3.20. The molecule has 6 unspecified atom stereocenters. The van der Waals surface area contributed by atoms with E-state index in [1.807, 2.05) is 0 Å². The van der Waals surface area contributed by atoms with Crippen molar-refractivity contribution >= 4 is 13.7 Å². The van der Waals surface area contributed by atoms with Gasteiger partial charge >= 0.3 is 19.4 Å². The zero-order valence-corrected chi connectivity index (χ0v) is 21.7. The molecule has 0 bridgehead atoms. The predicted molar refractivity (Wildman–Crippen MR) is 133 cm³/mol. The van der Waals surface area contributed by atoms with Gasteiger partial charge in [-0.15, -0.1) is 6.42 Å². The van der Waals surface area contributed by atoms with Crippen LogP contribution in [-0.2, 0) is 23.4 Å². The van der Waals surface area contributed by atoms with Crippen molar-refractivity contribution in [1.82, 2.24) is 14.6 Å². The van der Waals surface area contributed by atoms with Crippen LogP contribution in [0.4, 0.5) is 0 Å². The number of aliphatic hydroxyl groups is 1. The second kappa shape index (κ2) is 11.5. The van der Waals surface area contributed by atoms with E-state index in [1.165, 1.54) is 20.0 Å². The average Bonchev–Trinajstić information content (AvgIpc) is 3.08. The highest BCUT2D eigenvalue weighted by molar-refractivity contribution is 7.52. The summed E-state index contributed by atoms with van der Waals surface area (Å²) in [6, 6.07) is 8.18. The summed E-state index contributed by atoms with van der Waals surface area (Å²) in [6.07, 6.45) is 2.80. The molecule has 2 aromatic rings. The van der Waals surface area contributed by atoms with E-state index in [2.05, 4.69) is 16.0 Å². The zero-order chi connectivity index (χ0) is 27.4. The molecule has 0 aliphatic carbocycles. The van der Waals surface area contributed by atoms with Gasteiger partial charge in [0.15, 0.2) is 6.23 Å². The highest BCUT2D eigenvalue weighted by atomic mass is 31.2. The molecule has 2 heterocycles. The zero-order valence-electron chi connectivity index (χ0n) is 20.8. The number of aromatic nitrogens is 2. The number of nitrogens with zero attached hydrogens (tertiary/aromatic N) is 1. The number of esters is 1. The SMILES string of the molecule is C#CC1(C)C(O)C(COP(=O)(NC(C)C(=O)OC(C)C)Oc2ccccc2)OC1n1ccc(=O)[nH]c1=O. The molecule has 1 saturated heterocycles. The van der Waals surface area contributed by atoms with Crippen molar-refractivity contribution in [3.05, 3.63) is 63.4 Å². The van der Waals surface area contributed by atoms with Gasteiger partial charge in [-0.05, 0) is 39.8 Å². The van der Waals surface area contributed by atoms with Gasteiger partial charge in [0.05, 0.1) is 12.7 Å². The largest absolute Gasteiger partial charge is 0.462 e. The highest BCUT2D eigenvalue weighted by Gasteiger charge is 2.54. The number of rotatable bonds is 10. The van der Waals surface area contributed by atoms with Gasteiger partial charge in [-0.2, -0.15) is 5.09 Å². The first-order valence-electron chi connectivity index (χ1n) is 11.5. The van der Waals surface area contributed by atoms with Crippen molar-refractivity contribution < 1.29 is 33.0 Å². The lowest BCUT2D eigenvalue weighted by Crippen LogP contribution is -2.41. The van der Waals surface area contributed by atoms with Crippen molar-refractivity contribution in [3.63, 3.8) is 0 Å². The third kappa shape index (κ3) is 6.57. The Balaban J connectivity index is 1.84. The number of aromatic amines is 1. The lowest BCUT2D eigenvalue weighted by atomic mass is 9.83. The number of terminal acetylenes is 1. The van der Waals surface area contributed by atoms with Gasteiger partial charge in [-0.25, -0.2) is 9.36 Å². The number of hydrogen-bond acceptors (Lipinski definition) is 9. The monoisotopic (exact) mass is 535 g/mol. The summed E-state index contributed by atoms with van der Waals surface area (Å²) in [6.45, 7) is 5.79. The second-order valence-electron chi connectivity index (χ2n) is 8.95. The van der Waals surface area contributed by atoms with Crippen LogP contribution in [0.3, 0.4) is 0 Å². The van der Waals surface area contributed by atoms with E-state index < -0.39 is 67.6 Å². The summed E-state index contributed by atoms with van der Waals surface area (Å²) in [5.41, 5.74) is -2.82. The van der Waals surface area contributed by atoms with Crippen molar-refractivity contribution in [3.8, 4) is 18.1 Å². The summed E-state index contributed by atoms with van der Waals surface area (Å²) >= 11 is 0. The number of H-pyrrole nitrogens is 1. The maximum Gasteiger partial charge on any atom is 0.459 e. The summed E-state index contributed by atoms with van der Waals surface area (Å²) in [5, 5.41) is 13.5. The molecule has 200 valence electrons. The van der Waals surface area contributed by atoms with Crippen LogP contribution in [0, 0.1) is 17.8 Å². The van der Waals surface area contributed by atoms with E-state index >= 15 is 0 Å². The van der Waals surface area contributed by atoms with Crippen LogP contribution in [-0.4, -0.2) is 51.6 Å². The molecule has 0 spiro atoms. The number of nitrogens with one attached hydrogen (secondary N) is 2. The lowest BCUT2D eigenvalue weighted by molar-refractivity contribution is -0.149. The van der Waals surface area contributed by atoms with Crippen LogP contribution in [0.2, 0.25) is 0 Å². The summed E-state index contributed by atoms with van der Waals surface area (Å²) in [5.74, 6) is 1.97. The molecule has 3 rings (SSSR count). The first-order valence-corrected chi connectivity index (χ1v) is 13.0. The molecule has 12 nitrogen and oxygen atoms in total. The van der Waals surface area contributed by atoms with Gasteiger partial charge in [-0.3, -0.25) is 23.7 Å². The van der Waals surface area contributed by atoms with Gasteiger partial charge in [0.1, 0.15) is 29.4 Å². The number of carbonyl (C=O) groups excluding carboxylic acids is 1. The van der Waals surface area contributed by atoms with Crippen molar-refractivity contribution in [2.24, 2.45) is 5.41 Å². The van der Waals surface area contributed by atoms with E-state index in [0.29, 0.717) is 0 Å². The highest BCUT2D eigenvalue weighted by Crippen LogP contribution is 2.48. The fourth-order valence-corrected chi connectivity index (χ4v) is 5.18. The maximum absolute atomic E-state index is 13.7.